The van der Waals surface area contributed by atoms with Crippen LogP contribution < -0.4 is 18.9 Å². The van der Waals surface area contributed by atoms with Gasteiger partial charge in [-0.3, -0.25) is 9.71 Å². The van der Waals surface area contributed by atoms with Crippen LogP contribution in [-0.2, 0) is 15.4 Å². The van der Waals surface area contributed by atoms with Crippen LogP contribution >= 0.6 is 0 Å². The van der Waals surface area contributed by atoms with Gasteiger partial charge in [0, 0.05) is 18.0 Å². The van der Waals surface area contributed by atoms with E-state index in [-0.39, 0.29) is 52.5 Å². The maximum atomic E-state index is 13.5. The molecule has 0 radical (unpaired) electrons. The minimum atomic E-state index is -4.11. The van der Waals surface area contributed by atoms with Crippen molar-refractivity contribution in [3.8, 4) is 34.5 Å². The number of rotatable bonds is 10. The van der Waals surface area contributed by atoms with Crippen molar-refractivity contribution in [1.29, 1.82) is 0 Å². The van der Waals surface area contributed by atoms with Crippen LogP contribution in [0.15, 0.2) is 78.0 Å². The van der Waals surface area contributed by atoms with Gasteiger partial charge in [-0.15, -0.1) is 0 Å². The SMILES string of the molecule is COc1ccccc1Oc1c(NS(=O)(=O)c2ccc(C(C)(C)C)cc2)nc(-c2ccncc2)nc1OCCO. The Hall–Kier alpha value is -4.22. The maximum Gasteiger partial charge on any atom is 0.263 e. The molecule has 0 bridgehead atoms. The van der Waals surface area contributed by atoms with E-state index in [1.807, 2.05) is 20.8 Å². The van der Waals surface area contributed by atoms with Crippen LogP contribution in [0.25, 0.3) is 11.4 Å². The molecule has 0 saturated heterocycles. The summed E-state index contributed by atoms with van der Waals surface area (Å²) in [7, 11) is -2.63. The van der Waals surface area contributed by atoms with Crippen molar-refractivity contribution in [2.24, 2.45) is 0 Å². The van der Waals surface area contributed by atoms with Crippen molar-refractivity contribution in [2.75, 3.05) is 25.0 Å². The van der Waals surface area contributed by atoms with Gasteiger partial charge in [0.25, 0.3) is 15.9 Å². The molecule has 4 rings (SSSR count). The Balaban J connectivity index is 1.85. The third-order valence-corrected chi connectivity index (χ3v) is 7.00. The predicted octanol–water partition coefficient (Wildman–Crippen LogP) is 4.81. The Bertz CT molecular complexity index is 1520. The van der Waals surface area contributed by atoms with Crippen LogP contribution in [0.3, 0.4) is 0 Å². The number of para-hydroxylation sites is 2. The van der Waals surface area contributed by atoms with E-state index in [9.17, 15) is 13.5 Å². The van der Waals surface area contributed by atoms with Crippen LogP contribution in [0.4, 0.5) is 5.82 Å². The zero-order valence-electron chi connectivity index (χ0n) is 22.1. The number of aliphatic hydroxyl groups excluding tert-OH is 1. The fourth-order valence-electron chi connectivity index (χ4n) is 3.59. The summed E-state index contributed by atoms with van der Waals surface area (Å²) in [6, 6.07) is 16.8. The quantitative estimate of drug-likeness (QED) is 0.285. The number of nitrogens with one attached hydrogen (secondary N) is 1. The second-order valence-electron chi connectivity index (χ2n) is 9.47. The molecule has 2 aromatic heterocycles. The highest BCUT2D eigenvalue weighted by Crippen LogP contribution is 2.41. The lowest BCUT2D eigenvalue weighted by molar-refractivity contribution is 0.192. The number of nitrogens with zero attached hydrogens (tertiary/aromatic N) is 3. The summed E-state index contributed by atoms with van der Waals surface area (Å²) in [6.45, 7) is 5.72. The second-order valence-corrected chi connectivity index (χ2v) is 11.2. The fourth-order valence-corrected chi connectivity index (χ4v) is 4.60. The molecule has 2 aromatic carbocycles. The van der Waals surface area contributed by atoms with E-state index >= 15 is 0 Å². The third-order valence-electron chi connectivity index (χ3n) is 5.65. The van der Waals surface area contributed by atoms with Crippen molar-refractivity contribution < 1.29 is 27.7 Å². The number of aliphatic hydroxyl groups is 1. The summed E-state index contributed by atoms with van der Waals surface area (Å²) in [6.07, 6.45) is 3.12. The number of benzene rings is 2. The van der Waals surface area contributed by atoms with Crippen LogP contribution in [0.1, 0.15) is 26.3 Å². The van der Waals surface area contributed by atoms with Crippen LogP contribution in [0, 0.1) is 0 Å². The Morgan fingerprint density at radius 1 is 0.923 bits per heavy atom. The lowest BCUT2D eigenvalue weighted by atomic mass is 9.87. The largest absolute Gasteiger partial charge is 0.493 e. The summed E-state index contributed by atoms with van der Waals surface area (Å²) in [5.41, 5.74) is 1.41. The molecule has 39 heavy (non-hydrogen) atoms. The monoisotopic (exact) mass is 550 g/mol. The molecule has 0 saturated carbocycles. The molecule has 0 unspecified atom stereocenters. The van der Waals surface area contributed by atoms with Crippen molar-refractivity contribution in [2.45, 2.75) is 31.1 Å². The molecule has 0 fully saturated rings. The van der Waals surface area contributed by atoms with E-state index < -0.39 is 10.0 Å². The van der Waals surface area contributed by atoms with E-state index in [1.54, 1.807) is 60.9 Å². The highest BCUT2D eigenvalue weighted by Gasteiger charge is 2.26. The van der Waals surface area contributed by atoms with Crippen molar-refractivity contribution >= 4 is 15.8 Å². The van der Waals surface area contributed by atoms with Crippen LogP contribution in [0.5, 0.6) is 23.1 Å². The summed E-state index contributed by atoms with van der Waals surface area (Å²) >= 11 is 0. The second kappa shape index (κ2) is 11.7. The van der Waals surface area contributed by atoms with Gasteiger partial charge in [0.15, 0.2) is 23.1 Å². The highest BCUT2D eigenvalue weighted by molar-refractivity contribution is 7.92. The molecule has 4 aromatic rings. The zero-order chi connectivity index (χ0) is 28.0. The van der Waals surface area contributed by atoms with Crippen LogP contribution in [0.2, 0.25) is 0 Å². The number of anilines is 1. The minimum absolute atomic E-state index is 0.0423. The van der Waals surface area contributed by atoms with Crippen molar-refractivity contribution in [1.82, 2.24) is 15.0 Å². The Labute approximate surface area is 227 Å². The summed E-state index contributed by atoms with van der Waals surface area (Å²) in [4.78, 5) is 13.0. The lowest BCUT2D eigenvalue weighted by Gasteiger charge is -2.20. The molecular weight excluding hydrogens is 520 g/mol. The summed E-state index contributed by atoms with van der Waals surface area (Å²) in [5.74, 6) is 0.520. The molecular formula is C28H30N4O6S. The first-order chi connectivity index (χ1) is 18.6. The molecule has 0 aliphatic heterocycles. The van der Waals surface area contributed by atoms with Crippen LogP contribution in [-0.4, -0.2) is 48.8 Å². The highest BCUT2D eigenvalue weighted by atomic mass is 32.2. The first-order valence-electron chi connectivity index (χ1n) is 12.1. The van der Waals surface area contributed by atoms with Crippen molar-refractivity contribution in [3.05, 3.63) is 78.6 Å². The molecule has 10 nitrogen and oxygen atoms in total. The lowest BCUT2D eigenvalue weighted by Crippen LogP contribution is -2.17. The topological polar surface area (TPSA) is 133 Å². The summed E-state index contributed by atoms with van der Waals surface area (Å²) < 4.78 is 46.8. The van der Waals surface area contributed by atoms with Gasteiger partial charge >= 0.3 is 0 Å². The van der Waals surface area contributed by atoms with Gasteiger partial charge in [0.2, 0.25) is 5.75 Å². The minimum Gasteiger partial charge on any atom is -0.493 e. The average molecular weight is 551 g/mol. The Morgan fingerprint density at radius 3 is 2.21 bits per heavy atom. The molecule has 0 atom stereocenters. The Kier molecular flexibility index (Phi) is 8.32. The number of pyridine rings is 1. The zero-order valence-corrected chi connectivity index (χ0v) is 22.9. The molecule has 204 valence electrons. The van der Waals surface area contributed by atoms with Gasteiger partial charge in [-0.25, -0.2) is 13.4 Å². The maximum absolute atomic E-state index is 13.5. The number of aromatic nitrogens is 3. The van der Waals surface area contributed by atoms with Gasteiger partial charge in [-0.05, 0) is 47.4 Å². The van der Waals surface area contributed by atoms with Gasteiger partial charge in [-0.2, -0.15) is 4.98 Å². The van der Waals surface area contributed by atoms with Crippen molar-refractivity contribution in [3.63, 3.8) is 0 Å². The number of hydrogen-bond donors (Lipinski definition) is 2. The van der Waals surface area contributed by atoms with Gasteiger partial charge < -0.3 is 19.3 Å². The number of hydrogen-bond acceptors (Lipinski definition) is 9. The van der Waals surface area contributed by atoms with Gasteiger partial charge in [0.05, 0.1) is 18.6 Å². The van der Waals surface area contributed by atoms with E-state index in [2.05, 4.69) is 19.7 Å². The molecule has 0 spiro atoms. The normalized spacial score (nSPS) is 11.6. The number of sulfonamides is 1. The van der Waals surface area contributed by atoms with Gasteiger partial charge in [-0.1, -0.05) is 45.0 Å². The molecule has 0 aliphatic rings. The molecule has 11 heteroatoms. The smallest absolute Gasteiger partial charge is 0.263 e. The number of methoxy groups -OCH3 is 1. The first-order valence-corrected chi connectivity index (χ1v) is 13.6. The van der Waals surface area contributed by atoms with Gasteiger partial charge in [0.1, 0.15) is 6.61 Å². The predicted molar refractivity (Wildman–Crippen MR) is 147 cm³/mol. The molecule has 2 heterocycles. The standard InChI is InChI=1S/C28H30N4O6S/c1-28(2,3)20-9-11-21(12-10-20)39(34,35)32-26-24(38-23-8-6-5-7-22(23)36-4)27(37-18-17-33)31-25(30-26)19-13-15-29-16-14-19/h5-16,33H,17-18H2,1-4H3,(H,30,31,32). The third kappa shape index (κ3) is 6.62. The fraction of sp³-hybridized carbons (Fsp3) is 0.250. The Morgan fingerprint density at radius 2 is 1.59 bits per heavy atom. The number of ether oxygens (including phenoxy) is 3. The van der Waals surface area contributed by atoms with E-state index in [0.717, 1.165) is 5.56 Å². The summed E-state index contributed by atoms with van der Waals surface area (Å²) in [5, 5.41) is 9.41. The first kappa shape index (κ1) is 27.8. The molecule has 0 amide bonds. The molecule has 0 aliphatic carbocycles. The van der Waals surface area contributed by atoms with E-state index in [1.165, 1.54) is 19.2 Å². The average Bonchev–Trinajstić information content (AvgIpc) is 2.93. The van der Waals surface area contributed by atoms with E-state index in [0.29, 0.717) is 11.3 Å². The molecule has 2 N–H and O–H groups in total. The van der Waals surface area contributed by atoms with E-state index in [4.69, 9.17) is 14.2 Å².